The van der Waals surface area contributed by atoms with Gasteiger partial charge in [-0.3, -0.25) is 0 Å². The van der Waals surface area contributed by atoms with E-state index in [4.69, 9.17) is 5.73 Å². The summed E-state index contributed by atoms with van der Waals surface area (Å²) in [5.74, 6) is 0.562. The molecule has 2 rings (SSSR count). The van der Waals surface area contributed by atoms with Gasteiger partial charge in [0.25, 0.3) is 0 Å². The van der Waals surface area contributed by atoms with E-state index in [-0.39, 0.29) is 0 Å². The molecule has 0 atom stereocenters. The van der Waals surface area contributed by atoms with Gasteiger partial charge >= 0.3 is 0 Å². The molecule has 2 nitrogen and oxygen atoms in total. The molecule has 0 fully saturated rings. The summed E-state index contributed by atoms with van der Waals surface area (Å²) in [4.78, 5) is 1.09. The van der Waals surface area contributed by atoms with Gasteiger partial charge in [0.2, 0.25) is 0 Å². The first-order chi connectivity index (χ1) is 6.68. The van der Waals surface area contributed by atoms with Crippen molar-refractivity contribution in [3.63, 3.8) is 0 Å². The Kier molecular flexibility index (Phi) is 2.56. The summed E-state index contributed by atoms with van der Waals surface area (Å²) in [5, 5.41) is 0. The molecule has 14 heavy (non-hydrogen) atoms. The second-order valence-electron chi connectivity index (χ2n) is 3.08. The summed E-state index contributed by atoms with van der Waals surface area (Å²) >= 11 is 4.85. The SMILES string of the molecule is Cc1cccc(-c2snc(N)c2Br)c1. The lowest BCUT2D eigenvalue weighted by Crippen LogP contribution is -1.83. The van der Waals surface area contributed by atoms with Crippen molar-refractivity contribution in [3.05, 3.63) is 34.3 Å². The number of hydrogen-bond acceptors (Lipinski definition) is 3. The minimum atomic E-state index is 0.562. The fraction of sp³-hybridized carbons (Fsp3) is 0.100. The minimum absolute atomic E-state index is 0.562. The van der Waals surface area contributed by atoms with Crippen LogP contribution in [0.2, 0.25) is 0 Å². The van der Waals surface area contributed by atoms with Crippen LogP contribution in [0.25, 0.3) is 10.4 Å². The van der Waals surface area contributed by atoms with Crippen LogP contribution in [0.1, 0.15) is 5.56 Å². The number of rotatable bonds is 1. The Morgan fingerprint density at radius 2 is 2.21 bits per heavy atom. The molecule has 0 amide bonds. The van der Waals surface area contributed by atoms with Gasteiger partial charge in [-0.2, -0.15) is 4.37 Å². The zero-order valence-electron chi connectivity index (χ0n) is 7.62. The number of benzene rings is 1. The maximum atomic E-state index is 5.67. The summed E-state index contributed by atoms with van der Waals surface area (Å²) in [6.45, 7) is 2.07. The quantitative estimate of drug-likeness (QED) is 0.861. The average molecular weight is 269 g/mol. The number of aromatic nitrogens is 1. The van der Waals surface area contributed by atoms with Crippen molar-refractivity contribution in [2.45, 2.75) is 6.92 Å². The molecular formula is C10H9BrN2S. The topological polar surface area (TPSA) is 38.9 Å². The first kappa shape index (κ1) is 9.68. The zero-order chi connectivity index (χ0) is 10.1. The molecule has 2 aromatic rings. The molecule has 0 aliphatic carbocycles. The van der Waals surface area contributed by atoms with Gasteiger partial charge in [-0.15, -0.1) is 0 Å². The highest BCUT2D eigenvalue weighted by Crippen LogP contribution is 2.36. The highest BCUT2D eigenvalue weighted by atomic mass is 79.9. The molecule has 0 aliphatic rings. The second kappa shape index (κ2) is 3.71. The molecule has 0 saturated heterocycles. The third-order valence-electron chi connectivity index (χ3n) is 1.94. The van der Waals surface area contributed by atoms with Crippen molar-refractivity contribution in [3.8, 4) is 10.4 Å². The van der Waals surface area contributed by atoms with Gasteiger partial charge in [-0.1, -0.05) is 29.8 Å². The maximum absolute atomic E-state index is 5.67. The van der Waals surface area contributed by atoms with Gasteiger partial charge in [0.1, 0.15) is 0 Å². The van der Waals surface area contributed by atoms with Crippen molar-refractivity contribution in [2.75, 3.05) is 5.73 Å². The molecule has 1 aromatic heterocycles. The van der Waals surface area contributed by atoms with Crippen molar-refractivity contribution >= 4 is 33.3 Å². The lowest BCUT2D eigenvalue weighted by molar-refractivity contribution is 1.47. The van der Waals surface area contributed by atoms with E-state index in [0.717, 1.165) is 14.9 Å². The predicted molar refractivity (Wildman–Crippen MR) is 64.4 cm³/mol. The van der Waals surface area contributed by atoms with E-state index in [2.05, 4.69) is 45.4 Å². The average Bonchev–Trinajstić information content (AvgIpc) is 2.48. The number of anilines is 1. The fourth-order valence-corrected chi connectivity index (χ4v) is 2.61. The van der Waals surface area contributed by atoms with Crippen LogP contribution in [0, 0.1) is 6.92 Å². The second-order valence-corrected chi connectivity index (χ2v) is 4.65. The third-order valence-corrected chi connectivity index (χ3v) is 3.92. The minimum Gasteiger partial charge on any atom is -0.382 e. The number of nitrogens with zero attached hydrogens (tertiary/aromatic N) is 1. The zero-order valence-corrected chi connectivity index (χ0v) is 10.0. The predicted octanol–water partition coefficient (Wildman–Crippen LogP) is 3.46. The van der Waals surface area contributed by atoms with Gasteiger partial charge in [0.05, 0.1) is 9.35 Å². The summed E-state index contributed by atoms with van der Waals surface area (Å²) < 4.78 is 4.99. The largest absolute Gasteiger partial charge is 0.382 e. The van der Waals surface area contributed by atoms with Crippen molar-refractivity contribution in [1.82, 2.24) is 4.37 Å². The molecule has 0 radical (unpaired) electrons. The normalized spacial score (nSPS) is 10.4. The van der Waals surface area contributed by atoms with E-state index in [1.54, 1.807) is 0 Å². The number of hydrogen-bond donors (Lipinski definition) is 1. The number of aryl methyl sites for hydroxylation is 1. The first-order valence-electron chi connectivity index (χ1n) is 4.16. The van der Waals surface area contributed by atoms with Crippen LogP contribution >= 0.6 is 27.5 Å². The molecule has 4 heteroatoms. The summed E-state index contributed by atoms with van der Waals surface area (Å²) in [6, 6.07) is 8.29. The van der Waals surface area contributed by atoms with Crippen molar-refractivity contribution < 1.29 is 0 Å². The lowest BCUT2D eigenvalue weighted by atomic mass is 10.1. The Bertz CT molecular complexity index is 465. The van der Waals surface area contributed by atoms with Gasteiger partial charge in [0, 0.05) is 0 Å². The molecule has 1 heterocycles. The summed E-state index contributed by atoms with van der Waals surface area (Å²) in [5.41, 5.74) is 8.06. The van der Waals surface area contributed by atoms with E-state index >= 15 is 0 Å². The highest BCUT2D eigenvalue weighted by molar-refractivity contribution is 9.10. The van der Waals surface area contributed by atoms with Crippen LogP contribution < -0.4 is 5.73 Å². The van der Waals surface area contributed by atoms with E-state index in [1.807, 2.05) is 6.07 Å². The third kappa shape index (κ3) is 1.67. The van der Waals surface area contributed by atoms with E-state index in [1.165, 1.54) is 17.1 Å². The van der Waals surface area contributed by atoms with Crippen molar-refractivity contribution in [1.29, 1.82) is 0 Å². The van der Waals surface area contributed by atoms with Gasteiger partial charge in [0.15, 0.2) is 5.82 Å². The smallest absolute Gasteiger partial charge is 0.152 e. The molecule has 0 bridgehead atoms. The number of halogens is 1. The standard InChI is InChI=1S/C10H9BrN2S/c1-6-3-2-4-7(5-6)9-8(11)10(12)13-14-9/h2-5H,1H3,(H2,12,13). The van der Waals surface area contributed by atoms with Crippen LogP contribution in [0.4, 0.5) is 5.82 Å². The van der Waals surface area contributed by atoms with Gasteiger partial charge < -0.3 is 5.73 Å². The molecular weight excluding hydrogens is 260 g/mol. The Labute approximate surface area is 95.1 Å². The van der Waals surface area contributed by atoms with Crippen LogP contribution in [-0.4, -0.2) is 4.37 Å². The van der Waals surface area contributed by atoms with Crippen LogP contribution in [0.3, 0.4) is 0 Å². The van der Waals surface area contributed by atoms with Gasteiger partial charge in [-0.25, -0.2) is 0 Å². The van der Waals surface area contributed by atoms with Crippen LogP contribution in [0.5, 0.6) is 0 Å². The Balaban J connectivity index is 2.55. The van der Waals surface area contributed by atoms with Crippen LogP contribution in [-0.2, 0) is 0 Å². The Hall–Kier alpha value is -0.870. The van der Waals surface area contributed by atoms with E-state index in [9.17, 15) is 0 Å². The van der Waals surface area contributed by atoms with Crippen LogP contribution in [0.15, 0.2) is 28.7 Å². The number of nitrogens with two attached hydrogens (primary N) is 1. The molecule has 0 aliphatic heterocycles. The monoisotopic (exact) mass is 268 g/mol. The molecule has 0 spiro atoms. The molecule has 0 saturated carbocycles. The number of nitrogen functional groups attached to an aromatic ring is 1. The maximum Gasteiger partial charge on any atom is 0.152 e. The molecule has 72 valence electrons. The van der Waals surface area contributed by atoms with E-state index < -0.39 is 0 Å². The van der Waals surface area contributed by atoms with E-state index in [0.29, 0.717) is 5.82 Å². The fourth-order valence-electron chi connectivity index (χ4n) is 1.26. The van der Waals surface area contributed by atoms with Gasteiger partial charge in [-0.05, 0) is 39.9 Å². The van der Waals surface area contributed by atoms with Crippen molar-refractivity contribution in [2.24, 2.45) is 0 Å². The molecule has 0 unspecified atom stereocenters. The Morgan fingerprint density at radius 1 is 1.43 bits per heavy atom. The summed E-state index contributed by atoms with van der Waals surface area (Å²) in [6.07, 6.45) is 0. The molecule has 1 aromatic carbocycles. The summed E-state index contributed by atoms with van der Waals surface area (Å²) in [7, 11) is 0. The lowest BCUT2D eigenvalue weighted by Gasteiger charge is -1.99. The highest BCUT2D eigenvalue weighted by Gasteiger charge is 2.09. The first-order valence-corrected chi connectivity index (χ1v) is 5.73. The molecule has 2 N–H and O–H groups in total. The Morgan fingerprint density at radius 3 is 2.79 bits per heavy atom.